The predicted octanol–water partition coefficient (Wildman–Crippen LogP) is 7.30. The maximum absolute atomic E-state index is 14.0. The Kier molecular flexibility index (Phi) is 8.35. The van der Waals surface area contributed by atoms with Gasteiger partial charge in [0.25, 0.3) is 11.1 Å². The molecule has 35 heavy (non-hydrogen) atoms. The minimum atomic E-state index is -0.463. The summed E-state index contributed by atoms with van der Waals surface area (Å²) >= 11 is 9.21. The molecule has 1 aliphatic heterocycles. The van der Waals surface area contributed by atoms with E-state index in [1.54, 1.807) is 36.4 Å². The molecule has 0 spiro atoms. The van der Waals surface area contributed by atoms with Gasteiger partial charge in [-0.3, -0.25) is 14.5 Å². The molecule has 2 amide bonds. The van der Waals surface area contributed by atoms with Crippen molar-refractivity contribution >= 4 is 63.2 Å². The van der Waals surface area contributed by atoms with Crippen LogP contribution in [0.25, 0.3) is 6.08 Å². The lowest BCUT2D eigenvalue weighted by atomic mass is 10.1. The van der Waals surface area contributed by atoms with Crippen LogP contribution in [0.2, 0.25) is 5.02 Å². The van der Waals surface area contributed by atoms with Crippen LogP contribution in [0.4, 0.5) is 9.18 Å². The standard InChI is InChI=1S/C26H20ClFINO4S/c1-2-33-22-12-16(11-21(29)24(22)34-15-18-8-3-5-9-19(18)27)13-23-25(31)30(26(32)35-23)14-17-7-4-6-10-20(17)28/h3-13H,2,14-15H2,1H3/b23-13+. The molecule has 0 unspecified atom stereocenters. The lowest BCUT2D eigenvalue weighted by Crippen LogP contribution is -2.27. The van der Waals surface area contributed by atoms with Crippen LogP contribution in [0.15, 0.2) is 65.6 Å². The van der Waals surface area contributed by atoms with Crippen molar-refractivity contribution in [3.8, 4) is 11.5 Å². The van der Waals surface area contributed by atoms with Gasteiger partial charge in [0.15, 0.2) is 11.5 Å². The van der Waals surface area contributed by atoms with Crippen molar-refractivity contribution in [2.75, 3.05) is 6.61 Å². The van der Waals surface area contributed by atoms with Crippen molar-refractivity contribution in [3.63, 3.8) is 0 Å². The van der Waals surface area contributed by atoms with Crippen LogP contribution in [-0.2, 0) is 17.9 Å². The third kappa shape index (κ3) is 5.99. The number of benzene rings is 3. The first-order valence-corrected chi connectivity index (χ1v) is 13.0. The fraction of sp³-hybridized carbons (Fsp3) is 0.154. The molecule has 1 heterocycles. The van der Waals surface area contributed by atoms with Gasteiger partial charge >= 0.3 is 0 Å². The topological polar surface area (TPSA) is 55.8 Å². The number of imide groups is 1. The van der Waals surface area contributed by atoms with E-state index in [0.29, 0.717) is 28.7 Å². The van der Waals surface area contributed by atoms with Crippen LogP contribution in [0, 0.1) is 9.39 Å². The highest BCUT2D eigenvalue weighted by molar-refractivity contribution is 14.1. The van der Waals surface area contributed by atoms with Crippen LogP contribution in [-0.4, -0.2) is 22.7 Å². The molecule has 0 atom stereocenters. The van der Waals surface area contributed by atoms with Crippen LogP contribution in [0.5, 0.6) is 11.5 Å². The molecule has 3 aromatic carbocycles. The largest absolute Gasteiger partial charge is 0.490 e. The average molecular weight is 624 g/mol. The second-order valence-corrected chi connectivity index (χ2v) is 10.1. The maximum Gasteiger partial charge on any atom is 0.293 e. The highest BCUT2D eigenvalue weighted by Crippen LogP contribution is 2.38. The van der Waals surface area contributed by atoms with Crippen molar-refractivity contribution in [1.29, 1.82) is 0 Å². The summed E-state index contributed by atoms with van der Waals surface area (Å²) in [6, 6.07) is 17.1. The SMILES string of the molecule is CCOc1cc(/C=C2/SC(=O)N(Cc3ccccc3F)C2=O)cc(I)c1OCc1ccccc1Cl. The van der Waals surface area contributed by atoms with Gasteiger partial charge in [0, 0.05) is 16.1 Å². The summed E-state index contributed by atoms with van der Waals surface area (Å²) in [6.07, 6.45) is 1.63. The first-order chi connectivity index (χ1) is 16.9. The monoisotopic (exact) mass is 623 g/mol. The minimum Gasteiger partial charge on any atom is -0.490 e. The van der Waals surface area contributed by atoms with E-state index >= 15 is 0 Å². The Balaban J connectivity index is 1.57. The maximum atomic E-state index is 14.0. The molecule has 3 aromatic rings. The fourth-order valence-electron chi connectivity index (χ4n) is 3.42. The second kappa shape index (κ2) is 11.5. The third-order valence-electron chi connectivity index (χ3n) is 5.12. The van der Waals surface area contributed by atoms with Crippen molar-refractivity contribution in [2.24, 2.45) is 0 Å². The summed E-state index contributed by atoms with van der Waals surface area (Å²) in [5.41, 5.74) is 1.81. The molecule has 1 saturated heterocycles. The van der Waals surface area contributed by atoms with Crippen LogP contribution >= 0.6 is 46.0 Å². The van der Waals surface area contributed by atoms with Gasteiger partial charge < -0.3 is 9.47 Å². The molecule has 1 aliphatic rings. The fourth-order valence-corrected chi connectivity index (χ4v) is 5.23. The third-order valence-corrected chi connectivity index (χ3v) is 7.20. The number of rotatable bonds is 8. The van der Waals surface area contributed by atoms with Gasteiger partial charge in [-0.1, -0.05) is 48.0 Å². The highest BCUT2D eigenvalue weighted by Gasteiger charge is 2.35. The van der Waals surface area contributed by atoms with E-state index in [9.17, 15) is 14.0 Å². The number of thioether (sulfide) groups is 1. The Labute approximate surface area is 225 Å². The van der Waals surface area contributed by atoms with Gasteiger partial charge in [0.2, 0.25) is 0 Å². The van der Waals surface area contributed by atoms with E-state index < -0.39 is 17.0 Å². The van der Waals surface area contributed by atoms with E-state index in [1.807, 2.05) is 31.2 Å². The molecule has 9 heteroatoms. The average Bonchev–Trinajstić information content (AvgIpc) is 3.08. The molecule has 5 nitrogen and oxygen atoms in total. The lowest BCUT2D eigenvalue weighted by molar-refractivity contribution is -0.123. The first kappa shape index (κ1) is 25.5. The summed E-state index contributed by atoms with van der Waals surface area (Å²) in [5.74, 6) is 0.162. The van der Waals surface area contributed by atoms with Crippen LogP contribution in [0.3, 0.4) is 0 Å². The number of amides is 2. The number of hydrogen-bond donors (Lipinski definition) is 0. The summed E-state index contributed by atoms with van der Waals surface area (Å²) in [7, 11) is 0. The van der Waals surface area contributed by atoms with Crippen LogP contribution in [0.1, 0.15) is 23.6 Å². The van der Waals surface area contributed by atoms with E-state index in [-0.39, 0.29) is 23.6 Å². The molecular weight excluding hydrogens is 604 g/mol. The van der Waals surface area contributed by atoms with Gasteiger partial charge in [-0.15, -0.1) is 0 Å². The number of hydrogen-bond acceptors (Lipinski definition) is 5. The summed E-state index contributed by atoms with van der Waals surface area (Å²) < 4.78 is 26.6. The molecule has 0 aliphatic carbocycles. The molecule has 0 saturated carbocycles. The van der Waals surface area contributed by atoms with Gasteiger partial charge in [-0.05, 0) is 77.2 Å². The smallest absolute Gasteiger partial charge is 0.293 e. The zero-order valence-electron chi connectivity index (χ0n) is 18.6. The Morgan fingerprint density at radius 3 is 2.49 bits per heavy atom. The Morgan fingerprint density at radius 1 is 1.06 bits per heavy atom. The molecule has 0 radical (unpaired) electrons. The number of carbonyl (C=O) groups is 2. The summed E-state index contributed by atoms with van der Waals surface area (Å²) in [5, 5.41) is 0.173. The molecule has 4 rings (SSSR count). The lowest BCUT2D eigenvalue weighted by Gasteiger charge is -2.15. The van der Waals surface area contributed by atoms with Gasteiger partial charge in [0.1, 0.15) is 12.4 Å². The summed E-state index contributed by atoms with van der Waals surface area (Å²) in [6.45, 7) is 2.43. The second-order valence-electron chi connectivity index (χ2n) is 7.50. The van der Waals surface area contributed by atoms with E-state index in [4.69, 9.17) is 21.1 Å². The number of ether oxygens (including phenoxy) is 2. The predicted molar refractivity (Wildman–Crippen MR) is 144 cm³/mol. The van der Waals surface area contributed by atoms with Crippen molar-refractivity contribution < 1.29 is 23.5 Å². The Morgan fingerprint density at radius 2 is 1.77 bits per heavy atom. The molecular formula is C26H20ClFINO4S. The van der Waals surface area contributed by atoms with Gasteiger partial charge in [-0.2, -0.15) is 0 Å². The number of carbonyl (C=O) groups excluding carboxylic acids is 2. The van der Waals surface area contributed by atoms with E-state index in [1.165, 1.54) is 6.07 Å². The van der Waals surface area contributed by atoms with Crippen molar-refractivity contribution in [2.45, 2.75) is 20.1 Å². The van der Waals surface area contributed by atoms with Crippen LogP contribution < -0.4 is 9.47 Å². The highest BCUT2D eigenvalue weighted by atomic mass is 127. The zero-order chi connectivity index (χ0) is 24.9. The zero-order valence-corrected chi connectivity index (χ0v) is 22.3. The van der Waals surface area contributed by atoms with Crippen molar-refractivity contribution in [3.05, 3.63) is 96.7 Å². The van der Waals surface area contributed by atoms with E-state index in [0.717, 1.165) is 25.8 Å². The van der Waals surface area contributed by atoms with Gasteiger partial charge in [0.05, 0.1) is 21.6 Å². The molecule has 0 aromatic heterocycles. The molecule has 1 fully saturated rings. The molecule has 0 N–H and O–H groups in total. The summed E-state index contributed by atoms with van der Waals surface area (Å²) in [4.78, 5) is 26.7. The minimum absolute atomic E-state index is 0.120. The number of nitrogens with zero attached hydrogens (tertiary/aromatic N) is 1. The Bertz CT molecular complexity index is 1320. The normalized spacial score (nSPS) is 14.6. The molecule has 0 bridgehead atoms. The quantitative estimate of drug-likeness (QED) is 0.195. The van der Waals surface area contributed by atoms with Gasteiger partial charge in [-0.25, -0.2) is 4.39 Å². The number of halogens is 3. The molecule has 180 valence electrons. The first-order valence-electron chi connectivity index (χ1n) is 10.7. The Hall–Kier alpha value is -2.56. The van der Waals surface area contributed by atoms with E-state index in [2.05, 4.69) is 22.6 Å². The van der Waals surface area contributed by atoms with Crippen molar-refractivity contribution in [1.82, 2.24) is 4.90 Å².